The standard InChI is InChI=1S/C19H14N2O3/c22-17(11-16-13-7-1-2-8-14(13)19(23)24-16)21-15-9-3-5-12-6-4-10-20-18(12)15/h1-10,16H,11H2,(H,21,22)/t16-/m0/s1. The van der Waals surface area contributed by atoms with E-state index in [-0.39, 0.29) is 18.3 Å². The maximum Gasteiger partial charge on any atom is 0.339 e. The van der Waals surface area contributed by atoms with Crippen LogP contribution in [0.4, 0.5) is 5.69 Å². The van der Waals surface area contributed by atoms with Gasteiger partial charge >= 0.3 is 5.97 Å². The van der Waals surface area contributed by atoms with Gasteiger partial charge in [0.1, 0.15) is 6.10 Å². The van der Waals surface area contributed by atoms with E-state index in [2.05, 4.69) is 10.3 Å². The fraction of sp³-hybridized carbons (Fsp3) is 0.105. The number of rotatable bonds is 3. The second kappa shape index (κ2) is 5.77. The molecule has 0 unspecified atom stereocenters. The number of anilines is 1. The Bertz CT molecular complexity index is 947. The van der Waals surface area contributed by atoms with E-state index in [0.29, 0.717) is 11.3 Å². The smallest absolute Gasteiger partial charge is 0.339 e. The highest BCUT2D eigenvalue weighted by molar-refractivity contribution is 6.01. The van der Waals surface area contributed by atoms with Crippen LogP contribution < -0.4 is 5.32 Å². The molecule has 118 valence electrons. The maximum atomic E-state index is 12.4. The molecule has 5 heteroatoms. The van der Waals surface area contributed by atoms with Crippen LogP contribution in [0.5, 0.6) is 0 Å². The largest absolute Gasteiger partial charge is 0.453 e. The molecule has 1 N–H and O–H groups in total. The molecule has 3 aromatic rings. The topological polar surface area (TPSA) is 68.3 Å². The predicted octanol–water partition coefficient (Wildman–Crippen LogP) is 3.48. The summed E-state index contributed by atoms with van der Waals surface area (Å²) in [6.07, 6.45) is 1.22. The monoisotopic (exact) mass is 318 g/mol. The van der Waals surface area contributed by atoms with Crippen LogP contribution in [0.3, 0.4) is 0 Å². The minimum atomic E-state index is -0.545. The molecule has 1 aromatic heterocycles. The van der Waals surface area contributed by atoms with Gasteiger partial charge in [-0.05, 0) is 18.2 Å². The summed E-state index contributed by atoms with van der Waals surface area (Å²) in [6.45, 7) is 0. The summed E-state index contributed by atoms with van der Waals surface area (Å²) in [7, 11) is 0. The van der Waals surface area contributed by atoms with Gasteiger partial charge < -0.3 is 10.1 Å². The highest BCUT2D eigenvalue weighted by atomic mass is 16.5. The van der Waals surface area contributed by atoms with Crippen molar-refractivity contribution in [3.8, 4) is 0 Å². The zero-order chi connectivity index (χ0) is 16.5. The van der Waals surface area contributed by atoms with Crippen LogP contribution in [-0.4, -0.2) is 16.9 Å². The normalized spacial score (nSPS) is 15.8. The van der Waals surface area contributed by atoms with Gasteiger partial charge in [-0.2, -0.15) is 0 Å². The number of para-hydroxylation sites is 1. The molecule has 24 heavy (non-hydrogen) atoms. The molecule has 0 saturated heterocycles. The fourth-order valence-corrected chi connectivity index (χ4v) is 2.95. The summed E-state index contributed by atoms with van der Waals surface area (Å²) in [4.78, 5) is 28.5. The van der Waals surface area contributed by atoms with E-state index >= 15 is 0 Å². The molecule has 1 atom stereocenters. The van der Waals surface area contributed by atoms with Crippen molar-refractivity contribution in [3.63, 3.8) is 0 Å². The molecule has 2 heterocycles. The van der Waals surface area contributed by atoms with E-state index in [1.54, 1.807) is 18.3 Å². The average molecular weight is 318 g/mol. The maximum absolute atomic E-state index is 12.4. The summed E-state index contributed by atoms with van der Waals surface area (Å²) in [6, 6.07) is 16.5. The van der Waals surface area contributed by atoms with E-state index in [9.17, 15) is 9.59 Å². The number of pyridine rings is 1. The van der Waals surface area contributed by atoms with E-state index in [0.717, 1.165) is 16.5 Å². The van der Waals surface area contributed by atoms with Crippen LogP contribution in [0.1, 0.15) is 28.4 Å². The molecule has 0 radical (unpaired) electrons. The molecular weight excluding hydrogens is 304 g/mol. The second-order valence-corrected chi connectivity index (χ2v) is 5.61. The van der Waals surface area contributed by atoms with E-state index in [1.807, 2.05) is 42.5 Å². The van der Waals surface area contributed by atoms with E-state index in [4.69, 9.17) is 4.74 Å². The van der Waals surface area contributed by atoms with Gasteiger partial charge in [-0.1, -0.05) is 36.4 Å². The summed E-state index contributed by atoms with van der Waals surface area (Å²) < 4.78 is 5.31. The lowest BCUT2D eigenvalue weighted by atomic mass is 10.0. The molecule has 0 aliphatic carbocycles. The highest BCUT2D eigenvalue weighted by Crippen LogP contribution is 2.33. The number of hydrogen-bond acceptors (Lipinski definition) is 4. The first-order valence-corrected chi connectivity index (χ1v) is 7.66. The lowest BCUT2D eigenvalue weighted by Gasteiger charge is -2.12. The Morgan fingerprint density at radius 1 is 1.08 bits per heavy atom. The summed E-state index contributed by atoms with van der Waals surface area (Å²) in [5.41, 5.74) is 2.67. The van der Waals surface area contributed by atoms with Crippen LogP contribution in [0, 0.1) is 0 Å². The molecule has 0 saturated carbocycles. The van der Waals surface area contributed by atoms with Crippen molar-refractivity contribution in [1.82, 2.24) is 4.98 Å². The van der Waals surface area contributed by atoms with Gasteiger partial charge in [0.05, 0.1) is 23.2 Å². The zero-order valence-electron chi connectivity index (χ0n) is 12.7. The van der Waals surface area contributed by atoms with Crippen molar-refractivity contribution in [1.29, 1.82) is 0 Å². The third-order valence-electron chi connectivity index (χ3n) is 4.05. The molecule has 0 bridgehead atoms. The number of carbonyl (C=O) groups excluding carboxylic acids is 2. The number of nitrogens with one attached hydrogen (secondary N) is 1. The van der Waals surface area contributed by atoms with Gasteiger partial charge in [0.2, 0.25) is 5.91 Å². The average Bonchev–Trinajstić information content (AvgIpc) is 2.91. The van der Waals surface area contributed by atoms with Crippen molar-refractivity contribution in [2.75, 3.05) is 5.32 Å². The predicted molar refractivity (Wildman–Crippen MR) is 89.6 cm³/mol. The Morgan fingerprint density at radius 2 is 1.92 bits per heavy atom. The number of benzene rings is 2. The van der Waals surface area contributed by atoms with Crippen LogP contribution in [-0.2, 0) is 9.53 Å². The first-order valence-electron chi connectivity index (χ1n) is 7.66. The number of cyclic esters (lactones) is 1. The zero-order valence-corrected chi connectivity index (χ0v) is 12.7. The van der Waals surface area contributed by atoms with Crippen molar-refractivity contribution in [2.24, 2.45) is 0 Å². The Hall–Kier alpha value is -3.21. The number of fused-ring (bicyclic) bond motifs is 2. The SMILES string of the molecule is O=C(C[C@@H]1OC(=O)c2ccccc21)Nc1cccc2cccnc12. The van der Waals surface area contributed by atoms with Crippen LogP contribution in [0.2, 0.25) is 0 Å². The summed E-state index contributed by atoms with van der Waals surface area (Å²) in [5, 5.41) is 3.82. The molecule has 1 aliphatic rings. The lowest BCUT2D eigenvalue weighted by molar-refractivity contribution is -0.118. The van der Waals surface area contributed by atoms with Crippen LogP contribution in [0.25, 0.3) is 10.9 Å². The van der Waals surface area contributed by atoms with Gasteiger partial charge in [0.25, 0.3) is 0 Å². The molecule has 1 amide bonds. The number of ether oxygens (including phenoxy) is 1. The molecule has 4 rings (SSSR count). The molecule has 5 nitrogen and oxygen atoms in total. The first-order chi connectivity index (χ1) is 11.7. The molecule has 0 spiro atoms. The van der Waals surface area contributed by atoms with Crippen molar-refractivity contribution in [3.05, 3.63) is 71.9 Å². The molecule has 1 aliphatic heterocycles. The lowest BCUT2D eigenvalue weighted by Crippen LogP contribution is -2.16. The summed E-state index contributed by atoms with van der Waals surface area (Å²) in [5.74, 6) is -0.599. The molecule has 2 aromatic carbocycles. The van der Waals surface area contributed by atoms with Crippen molar-refractivity contribution < 1.29 is 14.3 Å². The van der Waals surface area contributed by atoms with Gasteiger partial charge in [0.15, 0.2) is 0 Å². The summed E-state index contributed by atoms with van der Waals surface area (Å²) >= 11 is 0. The van der Waals surface area contributed by atoms with Gasteiger partial charge in [-0.15, -0.1) is 0 Å². The van der Waals surface area contributed by atoms with Gasteiger partial charge in [-0.25, -0.2) is 4.79 Å². The Balaban J connectivity index is 1.55. The number of esters is 1. The number of hydrogen-bond donors (Lipinski definition) is 1. The van der Waals surface area contributed by atoms with E-state index < -0.39 is 6.10 Å². The van der Waals surface area contributed by atoms with Gasteiger partial charge in [0, 0.05) is 17.1 Å². The number of aromatic nitrogens is 1. The molecule has 0 fully saturated rings. The third-order valence-corrected chi connectivity index (χ3v) is 4.05. The third kappa shape index (κ3) is 2.50. The number of carbonyl (C=O) groups is 2. The Labute approximate surface area is 138 Å². The Kier molecular flexibility index (Phi) is 3.46. The molecular formula is C19H14N2O3. The van der Waals surface area contributed by atoms with Crippen LogP contribution >= 0.6 is 0 Å². The minimum Gasteiger partial charge on any atom is -0.453 e. The first kappa shape index (κ1) is 14.4. The van der Waals surface area contributed by atoms with Crippen LogP contribution in [0.15, 0.2) is 60.8 Å². The fourth-order valence-electron chi connectivity index (χ4n) is 2.95. The number of nitrogens with zero attached hydrogens (tertiary/aromatic N) is 1. The minimum absolute atomic E-state index is 0.0754. The second-order valence-electron chi connectivity index (χ2n) is 5.61. The quantitative estimate of drug-likeness (QED) is 0.751. The van der Waals surface area contributed by atoms with E-state index in [1.165, 1.54) is 0 Å². The Morgan fingerprint density at radius 3 is 2.83 bits per heavy atom. The van der Waals surface area contributed by atoms with Crippen molar-refractivity contribution in [2.45, 2.75) is 12.5 Å². The highest BCUT2D eigenvalue weighted by Gasteiger charge is 2.32. The van der Waals surface area contributed by atoms with Crippen molar-refractivity contribution >= 4 is 28.5 Å². The van der Waals surface area contributed by atoms with Gasteiger partial charge in [-0.3, -0.25) is 9.78 Å². The number of amides is 1.